The van der Waals surface area contributed by atoms with Gasteiger partial charge in [0.15, 0.2) is 0 Å². The second kappa shape index (κ2) is 6.08. The molecule has 0 spiro atoms. The fourth-order valence-electron chi connectivity index (χ4n) is 2.68. The lowest BCUT2D eigenvalue weighted by Gasteiger charge is -2.21. The van der Waals surface area contributed by atoms with Gasteiger partial charge in [0.25, 0.3) is 0 Å². The van der Waals surface area contributed by atoms with Gasteiger partial charge in [0.2, 0.25) is 0 Å². The molecule has 20 heavy (non-hydrogen) atoms. The second-order valence-electron chi connectivity index (χ2n) is 5.16. The van der Waals surface area contributed by atoms with Crippen molar-refractivity contribution < 1.29 is 29.3 Å². The minimum absolute atomic E-state index is 0.00745. The van der Waals surface area contributed by atoms with E-state index >= 15 is 0 Å². The first-order valence-corrected chi connectivity index (χ1v) is 6.63. The first-order valence-electron chi connectivity index (χ1n) is 6.63. The maximum atomic E-state index is 11.7. The van der Waals surface area contributed by atoms with Crippen LogP contribution in [0.4, 0.5) is 4.79 Å². The van der Waals surface area contributed by atoms with Crippen LogP contribution < -0.4 is 10.6 Å². The van der Waals surface area contributed by atoms with E-state index in [-0.39, 0.29) is 31.1 Å². The molecule has 4 unspecified atom stereocenters. The molecule has 2 bridgehead atoms. The van der Waals surface area contributed by atoms with Crippen molar-refractivity contribution in [2.24, 2.45) is 0 Å². The van der Waals surface area contributed by atoms with Crippen LogP contribution in [0.3, 0.4) is 0 Å². The van der Waals surface area contributed by atoms with Gasteiger partial charge in [0.05, 0.1) is 18.2 Å². The summed E-state index contributed by atoms with van der Waals surface area (Å²) < 4.78 is 5.58. The van der Waals surface area contributed by atoms with Crippen molar-refractivity contribution in [3.8, 4) is 0 Å². The van der Waals surface area contributed by atoms with Crippen LogP contribution in [0.2, 0.25) is 0 Å². The average molecular weight is 286 g/mol. The lowest BCUT2D eigenvalue weighted by atomic mass is 9.96. The van der Waals surface area contributed by atoms with Crippen LogP contribution in [-0.2, 0) is 14.3 Å². The topological polar surface area (TPSA) is 125 Å². The van der Waals surface area contributed by atoms with Gasteiger partial charge in [0, 0.05) is 6.42 Å². The minimum Gasteiger partial charge on any atom is -0.481 e. The van der Waals surface area contributed by atoms with Crippen molar-refractivity contribution >= 4 is 18.0 Å². The van der Waals surface area contributed by atoms with Gasteiger partial charge in [-0.25, -0.2) is 9.59 Å². The standard InChI is InChI=1S/C12H18N2O6/c15-10(16)4-2-7(11(17)18)13-12(19)14-8-5-6-1-3-9(8)20-6/h6-9H,1-5H2,(H,15,16)(H,17,18)(H2,13,14,19). The van der Waals surface area contributed by atoms with Gasteiger partial charge in [0.1, 0.15) is 6.04 Å². The number of carboxylic acid groups (broad SMARTS) is 2. The number of nitrogens with one attached hydrogen (secondary N) is 2. The number of hydrogen-bond donors (Lipinski definition) is 4. The number of fused-ring (bicyclic) bond motifs is 2. The van der Waals surface area contributed by atoms with Crippen LogP contribution in [0.15, 0.2) is 0 Å². The smallest absolute Gasteiger partial charge is 0.326 e. The molecule has 8 nitrogen and oxygen atoms in total. The maximum absolute atomic E-state index is 11.7. The molecule has 2 aliphatic rings. The van der Waals surface area contributed by atoms with Gasteiger partial charge in [-0.1, -0.05) is 0 Å². The second-order valence-corrected chi connectivity index (χ2v) is 5.16. The number of aliphatic carboxylic acids is 2. The molecule has 4 N–H and O–H groups in total. The molecule has 0 aliphatic carbocycles. The summed E-state index contributed by atoms with van der Waals surface area (Å²) in [7, 11) is 0. The van der Waals surface area contributed by atoms with Crippen LogP contribution in [-0.4, -0.2) is 52.5 Å². The van der Waals surface area contributed by atoms with Crippen LogP contribution in [0.25, 0.3) is 0 Å². The summed E-state index contributed by atoms with van der Waals surface area (Å²) >= 11 is 0. The SMILES string of the molecule is O=C(O)CCC(NC(=O)NC1CC2CCC1O2)C(=O)O. The Morgan fingerprint density at radius 1 is 1.25 bits per heavy atom. The third kappa shape index (κ3) is 3.60. The fraction of sp³-hybridized carbons (Fsp3) is 0.750. The van der Waals surface area contributed by atoms with Crippen molar-refractivity contribution in [2.45, 2.75) is 56.4 Å². The Balaban J connectivity index is 1.79. The van der Waals surface area contributed by atoms with E-state index in [4.69, 9.17) is 14.9 Å². The number of ether oxygens (including phenoxy) is 1. The Kier molecular flexibility index (Phi) is 4.43. The molecule has 2 aliphatic heterocycles. The molecule has 2 heterocycles. The number of carboxylic acids is 2. The van der Waals surface area contributed by atoms with E-state index in [1.165, 1.54) is 0 Å². The zero-order valence-corrected chi connectivity index (χ0v) is 10.9. The van der Waals surface area contributed by atoms with Crippen LogP contribution in [0.1, 0.15) is 32.1 Å². The molecule has 0 radical (unpaired) electrons. The summed E-state index contributed by atoms with van der Waals surface area (Å²) in [6.45, 7) is 0. The molecule has 0 saturated carbocycles. The molecule has 112 valence electrons. The van der Waals surface area contributed by atoms with E-state index in [0.717, 1.165) is 19.3 Å². The summed E-state index contributed by atoms with van der Waals surface area (Å²) in [4.78, 5) is 33.1. The molecule has 8 heteroatoms. The maximum Gasteiger partial charge on any atom is 0.326 e. The summed E-state index contributed by atoms with van der Waals surface area (Å²) in [6, 6.07) is -1.89. The Labute approximate surface area is 115 Å². The number of hydrogen-bond acceptors (Lipinski definition) is 4. The van der Waals surface area contributed by atoms with E-state index in [2.05, 4.69) is 10.6 Å². The molecule has 2 fully saturated rings. The highest BCUT2D eigenvalue weighted by atomic mass is 16.5. The quantitative estimate of drug-likeness (QED) is 0.541. The third-order valence-electron chi connectivity index (χ3n) is 3.67. The zero-order valence-electron chi connectivity index (χ0n) is 10.9. The van der Waals surface area contributed by atoms with Gasteiger partial charge in [-0.2, -0.15) is 0 Å². The molecule has 4 atom stereocenters. The van der Waals surface area contributed by atoms with Crippen molar-refractivity contribution in [2.75, 3.05) is 0 Å². The highest BCUT2D eigenvalue weighted by Gasteiger charge is 2.41. The van der Waals surface area contributed by atoms with E-state index < -0.39 is 24.0 Å². The molecular weight excluding hydrogens is 268 g/mol. The average Bonchev–Trinajstić information content (AvgIpc) is 2.95. The van der Waals surface area contributed by atoms with E-state index in [9.17, 15) is 14.4 Å². The number of carbonyl (C=O) groups is 3. The predicted octanol–water partition coefficient (Wildman–Crippen LogP) is -0.0765. The highest BCUT2D eigenvalue weighted by molar-refractivity contribution is 5.83. The molecule has 2 amide bonds. The Morgan fingerprint density at radius 3 is 2.50 bits per heavy atom. The number of amides is 2. The van der Waals surface area contributed by atoms with Crippen LogP contribution >= 0.6 is 0 Å². The largest absolute Gasteiger partial charge is 0.481 e. The first-order chi connectivity index (χ1) is 9.45. The summed E-state index contributed by atoms with van der Waals surface area (Å²) in [5, 5.41) is 22.5. The first kappa shape index (κ1) is 14.6. The van der Waals surface area contributed by atoms with Gasteiger partial charge < -0.3 is 25.6 Å². The molecule has 2 saturated heterocycles. The van der Waals surface area contributed by atoms with E-state index in [1.54, 1.807) is 0 Å². The van der Waals surface area contributed by atoms with Crippen molar-refractivity contribution in [1.29, 1.82) is 0 Å². The van der Waals surface area contributed by atoms with Crippen molar-refractivity contribution in [1.82, 2.24) is 10.6 Å². The number of carbonyl (C=O) groups excluding carboxylic acids is 1. The monoisotopic (exact) mass is 286 g/mol. The van der Waals surface area contributed by atoms with Gasteiger partial charge in [-0.05, 0) is 25.7 Å². The van der Waals surface area contributed by atoms with E-state index in [1.807, 2.05) is 0 Å². The fourth-order valence-corrected chi connectivity index (χ4v) is 2.68. The molecule has 0 aromatic heterocycles. The zero-order chi connectivity index (χ0) is 14.7. The van der Waals surface area contributed by atoms with E-state index in [0.29, 0.717) is 0 Å². The molecule has 0 aromatic carbocycles. The Hall–Kier alpha value is -1.83. The number of urea groups is 1. The summed E-state index contributed by atoms with van der Waals surface area (Å²) in [6.07, 6.45) is 2.38. The summed E-state index contributed by atoms with van der Waals surface area (Å²) in [5.41, 5.74) is 0. The van der Waals surface area contributed by atoms with Gasteiger partial charge >= 0.3 is 18.0 Å². The van der Waals surface area contributed by atoms with Crippen LogP contribution in [0, 0.1) is 0 Å². The highest BCUT2D eigenvalue weighted by Crippen LogP contribution is 2.34. The molecule has 2 rings (SSSR count). The van der Waals surface area contributed by atoms with Gasteiger partial charge in [-0.3, -0.25) is 4.79 Å². The Bertz CT molecular complexity index is 413. The number of rotatable bonds is 6. The predicted molar refractivity (Wildman–Crippen MR) is 66.3 cm³/mol. The Morgan fingerprint density at radius 2 is 2.00 bits per heavy atom. The lowest BCUT2D eigenvalue weighted by Crippen LogP contribution is -2.51. The van der Waals surface area contributed by atoms with Crippen molar-refractivity contribution in [3.05, 3.63) is 0 Å². The third-order valence-corrected chi connectivity index (χ3v) is 3.67. The summed E-state index contributed by atoms with van der Waals surface area (Å²) in [5.74, 6) is -2.34. The van der Waals surface area contributed by atoms with Crippen LogP contribution in [0.5, 0.6) is 0 Å². The van der Waals surface area contributed by atoms with Gasteiger partial charge in [-0.15, -0.1) is 0 Å². The molecular formula is C12H18N2O6. The minimum atomic E-state index is -1.24. The molecule has 0 aromatic rings. The normalized spacial score (nSPS) is 28.9. The lowest BCUT2D eigenvalue weighted by molar-refractivity contribution is -0.140. The van der Waals surface area contributed by atoms with Crippen molar-refractivity contribution in [3.63, 3.8) is 0 Å².